The monoisotopic (exact) mass is 796 g/mol. The third kappa shape index (κ3) is 10.5. The van der Waals surface area contributed by atoms with Crippen molar-refractivity contribution in [3.63, 3.8) is 0 Å². The molecule has 1 saturated carbocycles. The van der Waals surface area contributed by atoms with Gasteiger partial charge in [-0.25, -0.2) is 4.98 Å². The summed E-state index contributed by atoms with van der Waals surface area (Å²) in [6.45, 7) is -2.13. The largest absolute Gasteiger partial charge is 0.454 e. The maximum atomic E-state index is 13.0. The van der Waals surface area contributed by atoms with Crippen LogP contribution in [0.3, 0.4) is 0 Å². The van der Waals surface area contributed by atoms with Crippen LogP contribution in [0.4, 0.5) is 36.4 Å². The number of nitrogens with zero attached hydrogens (tertiary/aromatic N) is 5. The molecular weight excluding hydrogens is 768 g/mol. The van der Waals surface area contributed by atoms with Crippen molar-refractivity contribution in [2.24, 2.45) is 0 Å². The first-order chi connectivity index (χ1) is 26.2. The molecule has 0 radical (unpaired) electrons. The number of benzene rings is 3. The quantitative estimate of drug-likeness (QED) is 0.0740. The lowest BCUT2D eigenvalue weighted by Crippen LogP contribution is -2.49. The molecule has 1 atom stereocenters. The molecule has 2 heterocycles. The topological polar surface area (TPSA) is 194 Å². The number of aromatic nitrogens is 5. The van der Waals surface area contributed by atoms with E-state index in [0.717, 1.165) is 5.56 Å². The highest BCUT2D eigenvalue weighted by Gasteiger charge is 2.45. The first kappa shape index (κ1) is 38.5. The van der Waals surface area contributed by atoms with E-state index < -0.39 is 59.9 Å². The summed E-state index contributed by atoms with van der Waals surface area (Å²) in [4.78, 5) is 66.4. The molecule has 1 aliphatic carbocycles. The molecule has 3 aromatic carbocycles. The minimum absolute atomic E-state index is 0.0423. The van der Waals surface area contributed by atoms with Gasteiger partial charge in [0.1, 0.15) is 6.04 Å². The van der Waals surface area contributed by atoms with Gasteiger partial charge in [-0.15, -0.1) is 0 Å². The summed E-state index contributed by atoms with van der Waals surface area (Å²) in [5, 5.41) is 12.7. The van der Waals surface area contributed by atoms with Gasteiger partial charge in [-0.1, -0.05) is 29.8 Å². The van der Waals surface area contributed by atoms with Crippen LogP contribution >= 0.6 is 23.2 Å². The summed E-state index contributed by atoms with van der Waals surface area (Å²) in [7, 11) is 0. The van der Waals surface area contributed by atoms with Crippen molar-refractivity contribution in [2.45, 2.75) is 30.6 Å². The van der Waals surface area contributed by atoms with Gasteiger partial charge in [-0.3, -0.25) is 19.2 Å². The van der Waals surface area contributed by atoms with E-state index in [4.69, 9.17) is 27.9 Å². The zero-order chi connectivity index (χ0) is 39.2. The Morgan fingerprint density at radius 1 is 0.909 bits per heavy atom. The Morgan fingerprint density at radius 3 is 2.29 bits per heavy atom. The van der Waals surface area contributed by atoms with E-state index in [0.29, 0.717) is 34.9 Å². The molecule has 0 saturated heterocycles. The van der Waals surface area contributed by atoms with Crippen molar-refractivity contribution in [2.75, 3.05) is 29.1 Å². The average Bonchev–Trinajstić information content (AvgIpc) is 3.70. The highest BCUT2D eigenvalue weighted by atomic mass is 35.5. The molecule has 1 aliphatic rings. The first-order valence-corrected chi connectivity index (χ1v) is 17.1. The Labute approximate surface area is 320 Å². The number of rotatable bonds is 14. The van der Waals surface area contributed by atoms with E-state index in [2.05, 4.69) is 46.5 Å². The Bertz CT molecular complexity index is 2190. The Morgan fingerprint density at radius 2 is 1.64 bits per heavy atom. The predicted molar refractivity (Wildman–Crippen MR) is 194 cm³/mol. The van der Waals surface area contributed by atoms with Gasteiger partial charge in [0.2, 0.25) is 17.1 Å². The minimum Gasteiger partial charge on any atom is -0.454 e. The average molecular weight is 798 g/mol. The Balaban J connectivity index is 1.07. The second-order valence-corrected chi connectivity index (χ2v) is 12.9. The number of imidazole rings is 1. The van der Waals surface area contributed by atoms with Gasteiger partial charge in [-0.2, -0.15) is 28.1 Å². The fraction of sp³-hybridized carbons (Fsp3) is 0.200. The molecule has 55 heavy (non-hydrogen) atoms. The number of ether oxygens (including phenoxy) is 1. The molecule has 5 N–H and O–H groups in total. The summed E-state index contributed by atoms with van der Waals surface area (Å²) in [5.41, 5.74) is 1.72. The fourth-order valence-electron chi connectivity index (χ4n) is 5.16. The van der Waals surface area contributed by atoms with Crippen molar-refractivity contribution >= 4 is 69.4 Å². The summed E-state index contributed by atoms with van der Waals surface area (Å²) in [6.07, 6.45) is 1.61. The molecule has 2 aromatic heterocycles. The van der Waals surface area contributed by atoms with E-state index in [1.807, 2.05) is 12.1 Å². The molecular formula is C35H29Cl2F3N10O5. The molecule has 0 aliphatic heterocycles. The number of anilines is 4. The lowest BCUT2D eigenvalue weighted by Gasteiger charge is -2.19. The number of carbonyl (C=O) groups is 4. The highest BCUT2D eigenvalue weighted by Crippen LogP contribution is 2.48. The number of carbonyl (C=O) groups excluding carboxylic acids is 4. The second kappa shape index (κ2) is 16.4. The lowest BCUT2D eigenvalue weighted by molar-refractivity contribution is -0.154. The van der Waals surface area contributed by atoms with Crippen molar-refractivity contribution in [1.82, 2.24) is 35.1 Å². The van der Waals surface area contributed by atoms with Crippen LogP contribution in [-0.4, -0.2) is 72.8 Å². The van der Waals surface area contributed by atoms with Crippen LogP contribution in [0.2, 0.25) is 5.02 Å². The van der Waals surface area contributed by atoms with Crippen molar-refractivity contribution in [3.05, 3.63) is 108 Å². The molecule has 284 valence electrons. The Hall–Kier alpha value is -6.27. The standard InChI is InChI=1S/C35H29Cl2F3N10O5/c36-22-8-6-21(7-9-22)34(12-13-34)49-32-46-31(47-33(48-32)55-18-35(38,39)40)44-23-10-4-20(5-11-23)28(52)45-26(27(37)51)17-42-29(53)30(54)43-24-2-1-3-25(16-24)50-15-14-41-19-50/h1-11,14-16,19,26H,12-13,17-18H2,(H,42,53)(H,43,54)(H,45,52)(H2,44,46,47,48,49)/t26-/m0/s1. The van der Waals surface area contributed by atoms with E-state index in [1.54, 1.807) is 59.7 Å². The van der Waals surface area contributed by atoms with Crippen LogP contribution in [0.1, 0.15) is 28.8 Å². The summed E-state index contributed by atoms with van der Waals surface area (Å²) < 4.78 is 45.4. The number of nitrogens with one attached hydrogen (secondary N) is 5. The number of hydrogen-bond donors (Lipinski definition) is 5. The molecule has 0 spiro atoms. The maximum Gasteiger partial charge on any atom is 0.422 e. The summed E-state index contributed by atoms with van der Waals surface area (Å²) in [5.74, 6) is -3.04. The predicted octanol–water partition coefficient (Wildman–Crippen LogP) is 5.12. The molecule has 20 heteroatoms. The van der Waals surface area contributed by atoms with Crippen LogP contribution in [0.5, 0.6) is 6.01 Å². The van der Waals surface area contributed by atoms with Crippen LogP contribution in [-0.2, 0) is 19.9 Å². The molecule has 0 bridgehead atoms. The van der Waals surface area contributed by atoms with E-state index in [9.17, 15) is 32.3 Å². The molecule has 6 rings (SSSR count). The normalized spacial score (nSPS) is 13.5. The zero-order valence-electron chi connectivity index (χ0n) is 28.2. The lowest BCUT2D eigenvalue weighted by atomic mass is 10.1. The summed E-state index contributed by atoms with van der Waals surface area (Å²) >= 11 is 11.7. The van der Waals surface area contributed by atoms with Crippen LogP contribution < -0.4 is 31.3 Å². The fourth-order valence-corrected chi connectivity index (χ4v) is 5.41. The van der Waals surface area contributed by atoms with Crippen LogP contribution in [0.15, 0.2) is 91.5 Å². The van der Waals surface area contributed by atoms with E-state index >= 15 is 0 Å². The SMILES string of the molecule is O=C(NC[C@H](NC(=O)c1ccc(Nc2nc(NC3(c4ccc(Cl)cc4)CC3)nc(OCC(F)(F)F)n2)cc1)C(=O)Cl)C(=O)Nc1cccc(-n2ccnc2)c1. The first-order valence-electron chi connectivity index (χ1n) is 16.3. The smallest absolute Gasteiger partial charge is 0.422 e. The Kier molecular flexibility index (Phi) is 11.5. The number of amides is 3. The van der Waals surface area contributed by atoms with Gasteiger partial charge >= 0.3 is 24.0 Å². The number of alkyl halides is 3. The zero-order valence-corrected chi connectivity index (χ0v) is 29.7. The van der Waals surface area contributed by atoms with E-state index in [1.165, 1.54) is 24.3 Å². The van der Waals surface area contributed by atoms with Crippen molar-refractivity contribution in [1.29, 1.82) is 0 Å². The third-order valence-corrected chi connectivity index (χ3v) is 8.56. The molecule has 15 nitrogen and oxygen atoms in total. The van der Waals surface area contributed by atoms with Gasteiger partial charge in [0.05, 0.1) is 11.9 Å². The van der Waals surface area contributed by atoms with Gasteiger partial charge in [0, 0.05) is 46.6 Å². The third-order valence-electron chi connectivity index (χ3n) is 8.04. The number of hydrogen-bond acceptors (Lipinski definition) is 11. The molecule has 5 aromatic rings. The van der Waals surface area contributed by atoms with Crippen molar-refractivity contribution < 1.29 is 37.1 Å². The second-order valence-electron chi connectivity index (χ2n) is 12.1. The van der Waals surface area contributed by atoms with Gasteiger partial charge in [0.15, 0.2) is 6.61 Å². The molecule has 1 fully saturated rings. The van der Waals surface area contributed by atoms with Crippen LogP contribution in [0.25, 0.3) is 5.69 Å². The van der Waals surface area contributed by atoms with E-state index in [-0.39, 0.29) is 17.5 Å². The van der Waals surface area contributed by atoms with Gasteiger partial charge < -0.3 is 35.9 Å². The van der Waals surface area contributed by atoms with Gasteiger partial charge in [-0.05, 0) is 84.6 Å². The minimum atomic E-state index is -4.65. The van der Waals surface area contributed by atoms with Gasteiger partial charge in [0.25, 0.3) is 5.91 Å². The number of halogens is 5. The maximum absolute atomic E-state index is 13.0. The molecule has 3 amide bonds. The highest BCUT2D eigenvalue weighted by molar-refractivity contribution is 6.65. The summed E-state index contributed by atoms with van der Waals surface area (Å²) in [6, 6.07) is 17.4. The molecule has 0 unspecified atom stereocenters. The van der Waals surface area contributed by atoms with Crippen LogP contribution in [0, 0.1) is 0 Å². The van der Waals surface area contributed by atoms with Crippen molar-refractivity contribution in [3.8, 4) is 11.7 Å².